The average Bonchev–Trinajstić information content (AvgIpc) is 2.32. The van der Waals surface area contributed by atoms with Crippen molar-refractivity contribution in [2.24, 2.45) is 5.41 Å². The Morgan fingerprint density at radius 3 is 1.90 bits per heavy atom. The first-order chi connectivity index (χ1) is 9.60. The Labute approximate surface area is 132 Å². The van der Waals surface area contributed by atoms with Gasteiger partial charge in [0.2, 0.25) is 5.91 Å². The van der Waals surface area contributed by atoms with Gasteiger partial charge < -0.3 is 10.1 Å². The number of hydrogen-bond donors (Lipinski definition) is 1. The number of nitrogens with one attached hydrogen (secondary N) is 1. The molecule has 0 unspecified atom stereocenters. The zero-order chi connectivity index (χ0) is 16.4. The van der Waals surface area contributed by atoms with Crippen molar-refractivity contribution in [1.82, 2.24) is 5.32 Å². The summed E-state index contributed by atoms with van der Waals surface area (Å²) in [6.45, 7) is 13.7. The van der Waals surface area contributed by atoms with Crippen molar-refractivity contribution in [3.63, 3.8) is 0 Å². The lowest BCUT2D eigenvalue weighted by molar-refractivity contribution is -0.130. The minimum Gasteiger partial charge on any atom is -0.366 e. The molecule has 0 saturated heterocycles. The summed E-state index contributed by atoms with van der Waals surface area (Å²) in [6, 6.07) is 0. The monoisotopic (exact) mass is 299 g/mol. The van der Waals surface area contributed by atoms with Crippen molar-refractivity contribution in [3.8, 4) is 0 Å². The molecule has 0 radical (unpaired) electrons. The average molecular weight is 299 g/mol. The molecule has 0 aliphatic carbocycles. The van der Waals surface area contributed by atoms with Crippen LogP contribution in [-0.2, 0) is 9.53 Å². The highest BCUT2D eigenvalue weighted by atomic mass is 16.5. The highest BCUT2D eigenvalue weighted by molar-refractivity contribution is 5.77. The van der Waals surface area contributed by atoms with Crippen LogP contribution < -0.4 is 5.32 Å². The van der Waals surface area contributed by atoms with E-state index in [0.717, 1.165) is 13.0 Å². The first-order valence-corrected chi connectivity index (χ1v) is 8.51. The molecule has 1 amide bonds. The molecular weight excluding hydrogens is 262 g/mol. The maximum atomic E-state index is 11.5. The van der Waals surface area contributed by atoms with E-state index in [0.29, 0.717) is 5.41 Å². The smallest absolute Gasteiger partial charge is 0.246 e. The van der Waals surface area contributed by atoms with Crippen molar-refractivity contribution >= 4 is 5.91 Å². The number of carbonyl (C=O) groups is 1. The molecule has 0 spiro atoms. The van der Waals surface area contributed by atoms with Crippen molar-refractivity contribution in [2.75, 3.05) is 13.2 Å². The molecule has 0 saturated carbocycles. The van der Waals surface area contributed by atoms with Gasteiger partial charge in [0.15, 0.2) is 0 Å². The van der Waals surface area contributed by atoms with E-state index >= 15 is 0 Å². The summed E-state index contributed by atoms with van der Waals surface area (Å²) in [6.07, 6.45) is 8.86. The van der Waals surface area contributed by atoms with Crippen LogP contribution in [0.4, 0.5) is 0 Å². The third kappa shape index (κ3) is 17.4. The lowest BCUT2D eigenvalue weighted by Crippen LogP contribution is -2.32. The Hall–Kier alpha value is -0.570. The number of rotatable bonds is 10. The third-order valence-corrected chi connectivity index (χ3v) is 3.31. The molecule has 3 heteroatoms. The Morgan fingerprint density at radius 1 is 0.857 bits per heavy atom. The first-order valence-electron chi connectivity index (χ1n) is 8.51. The normalized spacial score (nSPS) is 12.5. The number of hydrogen-bond acceptors (Lipinski definition) is 2. The van der Waals surface area contributed by atoms with Crippen molar-refractivity contribution in [1.29, 1.82) is 0 Å². The van der Waals surface area contributed by atoms with Gasteiger partial charge in [-0.25, -0.2) is 0 Å². The van der Waals surface area contributed by atoms with Crippen LogP contribution in [0.2, 0.25) is 0 Å². The van der Waals surface area contributed by atoms with Crippen LogP contribution in [-0.4, -0.2) is 24.7 Å². The lowest BCUT2D eigenvalue weighted by Gasteiger charge is -2.19. The van der Waals surface area contributed by atoms with E-state index in [1.165, 1.54) is 38.5 Å². The molecule has 0 aliphatic heterocycles. The fraction of sp³-hybridized carbons (Fsp3) is 0.944. The van der Waals surface area contributed by atoms with Crippen molar-refractivity contribution in [2.45, 2.75) is 92.1 Å². The topological polar surface area (TPSA) is 38.3 Å². The molecule has 0 rings (SSSR count). The Morgan fingerprint density at radius 2 is 1.38 bits per heavy atom. The Balaban J connectivity index is 3.31. The molecule has 21 heavy (non-hydrogen) atoms. The number of carbonyl (C=O) groups excluding carboxylic acids is 1. The Bertz CT molecular complexity index is 274. The second kappa shape index (κ2) is 10.2. The van der Waals surface area contributed by atoms with E-state index in [-0.39, 0.29) is 18.1 Å². The maximum Gasteiger partial charge on any atom is 0.246 e. The summed E-state index contributed by atoms with van der Waals surface area (Å²) in [5.41, 5.74) is 0.226. The van der Waals surface area contributed by atoms with Gasteiger partial charge in [-0.1, -0.05) is 52.9 Å². The molecule has 0 aromatic carbocycles. The standard InChI is InChI=1S/C18H37NO2/c1-17(2,3)13-11-9-7-8-10-12-14-19-16(20)15-21-18(4,5)6/h7-15H2,1-6H3,(H,19,20). The molecule has 0 aromatic rings. The number of ether oxygens (including phenoxy) is 1. The number of unbranched alkanes of at least 4 members (excludes halogenated alkanes) is 5. The second-order valence-electron chi connectivity index (χ2n) is 8.18. The largest absolute Gasteiger partial charge is 0.366 e. The summed E-state index contributed by atoms with van der Waals surface area (Å²) in [4.78, 5) is 11.5. The van der Waals surface area contributed by atoms with Crippen LogP contribution in [0.3, 0.4) is 0 Å². The van der Waals surface area contributed by atoms with E-state index in [2.05, 4.69) is 26.1 Å². The molecule has 0 heterocycles. The predicted octanol–water partition coefficient (Wildman–Crippen LogP) is 4.69. The molecule has 1 N–H and O–H groups in total. The second-order valence-corrected chi connectivity index (χ2v) is 8.18. The van der Waals surface area contributed by atoms with Gasteiger partial charge in [-0.3, -0.25) is 4.79 Å². The van der Waals surface area contributed by atoms with Gasteiger partial charge >= 0.3 is 0 Å². The zero-order valence-corrected chi connectivity index (χ0v) is 15.2. The first kappa shape index (κ1) is 20.4. The van der Waals surface area contributed by atoms with Crippen LogP contribution >= 0.6 is 0 Å². The van der Waals surface area contributed by atoms with Crippen molar-refractivity contribution < 1.29 is 9.53 Å². The summed E-state index contributed by atoms with van der Waals surface area (Å²) in [5, 5.41) is 2.91. The number of amides is 1. The third-order valence-electron chi connectivity index (χ3n) is 3.31. The molecule has 0 bridgehead atoms. The predicted molar refractivity (Wildman–Crippen MR) is 90.5 cm³/mol. The van der Waals surface area contributed by atoms with Crippen LogP contribution in [0, 0.1) is 5.41 Å². The quantitative estimate of drug-likeness (QED) is 0.594. The van der Waals surface area contributed by atoms with Gasteiger partial charge in [0, 0.05) is 6.54 Å². The van der Waals surface area contributed by atoms with E-state index in [9.17, 15) is 4.79 Å². The summed E-state index contributed by atoms with van der Waals surface area (Å²) >= 11 is 0. The molecule has 0 aromatic heterocycles. The fourth-order valence-corrected chi connectivity index (χ4v) is 2.05. The van der Waals surface area contributed by atoms with E-state index in [1.54, 1.807) is 0 Å². The van der Waals surface area contributed by atoms with E-state index in [1.807, 2.05) is 20.8 Å². The van der Waals surface area contributed by atoms with Crippen LogP contribution in [0.15, 0.2) is 0 Å². The van der Waals surface area contributed by atoms with Gasteiger partial charge in [-0.05, 0) is 39.0 Å². The zero-order valence-electron chi connectivity index (χ0n) is 15.2. The van der Waals surface area contributed by atoms with Crippen LogP contribution in [0.5, 0.6) is 0 Å². The highest BCUT2D eigenvalue weighted by Gasteiger charge is 2.12. The van der Waals surface area contributed by atoms with Crippen LogP contribution in [0.1, 0.15) is 86.5 Å². The Kier molecular flexibility index (Phi) is 9.93. The van der Waals surface area contributed by atoms with Crippen molar-refractivity contribution in [3.05, 3.63) is 0 Å². The van der Waals surface area contributed by atoms with E-state index < -0.39 is 0 Å². The van der Waals surface area contributed by atoms with Gasteiger partial charge in [0.25, 0.3) is 0 Å². The molecule has 0 atom stereocenters. The van der Waals surface area contributed by atoms with E-state index in [4.69, 9.17) is 4.74 Å². The molecule has 0 fully saturated rings. The minimum atomic E-state index is -0.246. The lowest BCUT2D eigenvalue weighted by atomic mass is 9.89. The van der Waals surface area contributed by atoms with Crippen LogP contribution in [0.25, 0.3) is 0 Å². The highest BCUT2D eigenvalue weighted by Crippen LogP contribution is 2.22. The summed E-state index contributed by atoms with van der Waals surface area (Å²) in [7, 11) is 0. The molecule has 0 aliphatic rings. The van der Waals surface area contributed by atoms with Gasteiger partial charge in [0.1, 0.15) is 6.61 Å². The molecule has 126 valence electrons. The maximum absolute atomic E-state index is 11.5. The van der Waals surface area contributed by atoms with Gasteiger partial charge in [-0.2, -0.15) is 0 Å². The SMILES string of the molecule is CC(C)(C)CCCCCCCCNC(=O)COC(C)(C)C. The summed E-state index contributed by atoms with van der Waals surface area (Å²) in [5.74, 6) is -0.00454. The summed E-state index contributed by atoms with van der Waals surface area (Å²) < 4.78 is 5.43. The van der Waals surface area contributed by atoms with Gasteiger partial charge in [0.05, 0.1) is 5.60 Å². The molecule has 3 nitrogen and oxygen atoms in total. The minimum absolute atomic E-state index is 0.00454. The fourth-order valence-electron chi connectivity index (χ4n) is 2.05. The van der Waals surface area contributed by atoms with Gasteiger partial charge in [-0.15, -0.1) is 0 Å². The molecular formula is C18H37NO2.